The number of amides is 3. The van der Waals surface area contributed by atoms with E-state index in [2.05, 4.69) is 10.6 Å². The summed E-state index contributed by atoms with van der Waals surface area (Å²) in [5.74, 6) is -0.833. The third kappa shape index (κ3) is 7.64. The van der Waals surface area contributed by atoms with Crippen molar-refractivity contribution in [2.45, 2.75) is 58.1 Å². The summed E-state index contributed by atoms with van der Waals surface area (Å²) in [5.41, 5.74) is 2.61. The first-order chi connectivity index (χ1) is 19.5. The van der Waals surface area contributed by atoms with Crippen LogP contribution < -0.4 is 20.4 Å². The number of para-hydroxylation sites is 3. The number of hydrogen-bond donors (Lipinski definition) is 2. The maximum atomic E-state index is 13.8. The highest BCUT2D eigenvalue weighted by molar-refractivity contribution is 6.04. The molecule has 0 aliphatic carbocycles. The van der Waals surface area contributed by atoms with Crippen LogP contribution in [0.3, 0.4) is 0 Å². The minimum absolute atomic E-state index is 0.189. The van der Waals surface area contributed by atoms with Gasteiger partial charge in [0.25, 0.3) is 5.91 Å². The lowest BCUT2D eigenvalue weighted by atomic mass is 10.1. The molecule has 2 N–H and O–H groups in total. The zero-order valence-electron chi connectivity index (χ0n) is 24.2. The SMILES string of the molecule is C[C@@H](OCc1ccccc1)[C@H](NC(=O)OC(C)(C)C)C(=O)NC1CN(c2ccccc2)c2ccccc2N(C)C1=O. The summed E-state index contributed by atoms with van der Waals surface area (Å²) in [4.78, 5) is 43.8. The highest BCUT2D eigenvalue weighted by Gasteiger charge is 2.37. The van der Waals surface area contributed by atoms with E-state index in [9.17, 15) is 14.4 Å². The molecule has 1 aliphatic heterocycles. The number of alkyl carbamates (subject to hydrolysis) is 1. The quantitative estimate of drug-likeness (QED) is 0.413. The van der Waals surface area contributed by atoms with Crippen LogP contribution in [0.25, 0.3) is 0 Å². The second-order valence-corrected chi connectivity index (χ2v) is 11.0. The Labute approximate surface area is 241 Å². The Balaban J connectivity index is 1.59. The Morgan fingerprint density at radius 1 is 0.927 bits per heavy atom. The first-order valence-corrected chi connectivity index (χ1v) is 13.7. The number of hydrogen-bond acceptors (Lipinski definition) is 6. The van der Waals surface area contributed by atoms with Gasteiger partial charge in [-0.25, -0.2) is 4.79 Å². The van der Waals surface area contributed by atoms with Gasteiger partial charge in [0.05, 0.1) is 30.6 Å². The minimum atomic E-state index is -1.12. The fourth-order valence-electron chi connectivity index (χ4n) is 4.64. The highest BCUT2D eigenvalue weighted by Crippen LogP contribution is 2.36. The van der Waals surface area contributed by atoms with Gasteiger partial charge in [0.2, 0.25) is 5.91 Å². The molecule has 0 saturated carbocycles. The number of likely N-dealkylation sites (N-methyl/N-ethyl adjacent to an activating group) is 1. The van der Waals surface area contributed by atoms with Crippen LogP contribution in [0.4, 0.5) is 21.9 Å². The number of anilines is 3. The van der Waals surface area contributed by atoms with Crippen LogP contribution in [0.5, 0.6) is 0 Å². The average Bonchev–Trinajstić information content (AvgIpc) is 3.05. The van der Waals surface area contributed by atoms with Gasteiger partial charge in [-0.05, 0) is 57.5 Å². The summed E-state index contributed by atoms with van der Waals surface area (Å²) in [5, 5.41) is 5.56. The normalized spacial score (nSPS) is 16.7. The van der Waals surface area contributed by atoms with E-state index < -0.39 is 35.8 Å². The largest absolute Gasteiger partial charge is 0.444 e. The molecule has 0 fully saturated rings. The van der Waals surface area contributed by atoms with Crippen molar-refractivity contribution in [3.8, 4) is 0 Å². The third-order valence-electron chi connectivity index (χ3n) is 6.69. The van der Waals surface area contributed by atoms with E-state index in [0.717, 1.165) is 22.6 Å². The van der Waals surface area contributed by atoms with Crippen molar-refractivity contribution in [2.24, 2.45) is 0 Å². The molecule has 0 spiro atoms. The minimum Gasteiger partial charge on any atom is -0.444 e. The van der Waals surface area contributed by atoms with Crippen molar-refractivity contribution in [3.63, 3.8) is 0 Å². The number of carbonyl (C=O) groups is 3. The van der Waals surface area contributed by atoms with E-state index in [0.29, 0.717) is 0 Å². The number of nitrogens with zero attached hydrogens (tertiary/aromatic N) is 2. The van der Waals surface area contributed by atoms with Gasteiger partial charge in [-0.1, -0.05) is 60.7 Å². The predicted molar refractivity (Wildman–Crippen MR) is 159 cm³/mol. The van der Waals surface area contributed by atoms with Gasteiger partial charge in [0, 0.05) is 12.7 Å². The molecule has 3 aromatic rings. The van der Waals surface area contributed by atoms with Crippen molar-refractivity contribution in [3.05, 3.63) is 90.5 Å². The Morgan fingerprint density at radius 3 is 2.15 bits per heavy atom. The lowest BCUT2D eigenvalue weighted by Gasteiger charge is -2.30. The van der Waals surface area contributed by atoms with Gasteiger partial charge in [-0.15, -0.1) is 0 Å². The van der Waals surface area contributed by atoms with Gasteiger partial charge in [-0.2, -0.15) is 0 Å². The van der Waals surface area contributed by atoms with E-state index in [1.807, 2.05) is 89.8 Å². The standard InChI is InChI=1S/C32H38N4O5/c1-22(40-21-23-14-8-6-9-15-23)28(34-31(39)41-32(2,3)4)29(37)33-25-20-36(24-16-10-7-11-17-24)27-19-13-12-18-26(27)35(5)30(25)38/h6-19,22,25,28H,20-21H2,1-5H3,(H,33,37)(H,34,39)/t22-,25?,28+/m1/s1. The summed E-state index contributed by atoms with van der Waals surface area (Å²) in [6.45, 7) is 7.36. The van der Waals surface area contributed by atoms with E-state index in [1.165, 1.54) is 0 Å². The van der Waals surface area contributed by atoms with Crippen LogP contribution in [0, 0.1) is 0 Å². The van der Waals surface area contributed by atoms with E-state index in [-0.39, 0.29) is 19.1 Å². The molecule has 0 bridgehead atoms. The molecule has 9 nitrogen and oxygen atoms in total. The summed E-state index contributed by atoms with van der Waals surface area (Å²) in [6, 6.07) is 24.8. The molecule has 1 aliphatic rings. The predicted octanol–water partition coefficient (Wildman–Crippen LogP) is 4.78. The van der Waals surface area contributed by atoms with E-state index in [4.69, 9.17) is 9.47 Å². The van der Waals surface area contributed by atoms with E-state index >= 15 is 0 Å². The van der Waals surface area contributed by atoms with Crippen LogP contribution in [0.15, 0.2) is 84.9 Å². The topological polar surface area (TPSA) is 100 Å². The van der Waals surface area contributed by atoms with Crippen LogP contribution in [0.2, 0.25) is 0 Å². The number of carbonyl (C=O) groups excluding carboxylic acids is 3. The molecule has 4 rings (SSSR count). The maximum absolute atomic E-state index is 13.8. The van der Waals surface area contributed by atoms with Crippen LogP contribution in [0.1, 0.15) is 33.3 Å². The Morgan fingerprint density at radius 2 is 1.51 bits per heavy atom. The molecule has 1 heterocycles. The molecule has 3 amide bonds. The molecule has 9 heteroatoms. The highest BCUT2D eigenvalue weighted by atomic mass is 16.6. The number of benzene rings is 3. The Bertz CT molecular complexity index is 1340. The monoisotopic (exact) mass is 558 g/mol. The number of nitrogens with one attached hydrogen (secondary N) is 2. The summed E-state index contributed by atoms with van der Waals surface area (Å²) < 4.78 is 11.4. The van der Waals surface area contributed by atoms with Gasteiger partial charge in [0.1, 0.15) is 17.7 Å². The zero-order valence-corrected chi connectivity index (χ0v) is 24.2. The maximum Gasteiger partial charge on any atom is 0.408 e. The molecule has 0 saturated heterocycles. The average molecular weight is 559 g/mol. The Hall–Kier alpha value is -4.37. The number of rotatable bonds is 8. The lowest BCUT2D eigenvalue weighted by molar-refractivity contribution is -0.131. The van der Waals surface area contributed by atoms with Crippen molar-refractivity contribution in [1.29, 1.82) is 0 Å². The van der Waals surface area contributed by atoms with E-state index in [1.54, 1.807) is 39.6 Å². The second kappa shape index (κ2) is 12.9. The number of ether oxygens (including phenoxy) is 2. The summed E-state index contributed by atoms with van der Waals surface area (Å²) >= 11 is 0. The van der Waals surface area contributed by atoms with Gasteiger partial charge in [0.15, 0.2) is 0 Å². The van der Waals surface area contributed by atoms with Crippen LogP contribution >= 0.6 is 0 Å². The fraction of sp³-hybridized carbons (Fsp3) is 0.344. The smallest absolute Gasteiger partial charge is 0.408 e. The van der Waals surface area contributed by atoms with Crippen molar-refractivity contribution >= 4 is 35.0 Å². The molecule has 3 atom stereocenters. The second-order valence-electron chi connectivity index (χ2n) is 11.0. The fourth-order valence-corrected chi connectivity index (χ4v) is 4.64. The van der Waals surface area contributed by atoms with Gasteiger partial charge in [-0.3, -0.25) is 9.59 Å². The van der Waals surface area contributed by atoms with Gasteiger partial charge < -0.3 is 29.9 Å². The van der Waals surface area contributed by atoms with Crippen molar-refractivity contribution in [2.75, 3.05) is 23.4 Å². The molecular formula is C32H38N4O5. The lowest BCUT2D eigenvalue weighted by Crippen LogP contribution is -2.59. The Kier molecular flexibility index (Phi) is 9.29. The van der Waals surface area contributed by atoms with Crippen molar-refractivity contribution < 1.29 is 23.9 Å². The molecule has 0 radical (unpaired) electrons. The van der Waals surface area contributed by atoms with Crippen LogP contribution in [-0.2, 0) is 25.7 Å². The molecule has 1 unspecified atom stereocenters. The van der Waals surface area contributed by atoms with Crippen molar-refractivity contribution in [1.82, 2.24) is 10.6 Å². The molecule has 0 aromatic heterocycles. The summed E-state index contributed by atoms with van der Waals surface area (Å²) in [6.07, 6.45) is -1.49. The van der Waals surface area contributed by atoms with Gasteiger partial charge >= 0.3 is 6.09 Å². The molecule has 3 aromatic carbocycles. The third-order valence-corrected chi connectivity index (χ3v) is 6.69. The first kappa shape index (κ1) is 29.6. The first-order valence-electron chi connectivity index (χ1n) is 13.7. The zero-order chi connectivity index (χ0) is 29.6. The van der Waals surface area contributed by atoms with Crippen LogP contribution in [-0.4, -0.2) is 55.3 Å². The summed E-state index contributed by atoms with van der Waals surface area (Å²) in [7, 11) is 1.69. The number of fused-ring (bicyclic) bond motifs is 1. The molecular weight excluding hydrogens is 520 g/mol. The molecule has 41 heavy (non-hydrogen) atoms. The molecule has 216 valence electrons.